The summed E-state index contributed by atoms with van der Waals surface area (Å²) < 4.78 is 32.9. The quantitative estimate of drug-likeness (QED) is 0.770. The Kier molecular flexibility index (Phi) is 6.64. The van der Waals surface area contributed by atoms with Gasteiger partial charge in [0.1, 0.15) is 5.75 Å². The second-order valence-corrected chi connectivity index (χ2v) is 7.00. The average molecular weight is 314 g/mol. The lowest BCUT2D eigenvalue weighted by atomic mass is 10.1. The van der Waals surface area contributed by atoms with E-state index in [9.17, 15) is 8.42 Å². The van der Waals surface area contributed by atoms with E-state index in [1.165, 1.54) is 0 Å². The molecule has 0 radical (unpaired) electrons. The van der Waals surface area contributed by atoms with Crippen LogP contribution in [0, 0.1) is 13.8 Å². The molecule has 21 heavy (non-hydrogen) atoms. The molecule has 0 aromatic heterocycles. The number of rotatable bonds is 8. The first-order valence-corrected chi connectivity index (χ1v) is 8.71. The summed E-state index contributed by atoms with van der Waals surface area (Å²) in [6, 6.07) is 3.03. The van der Waals surface area contributed by atoms with Gasteiger partial charge in [-0.05, 0) is 43.5 Å². The Morgan fingerprint density at radius 1 is 1.29 bits per heavy atom. The number of ether oxygens (including phenoxy) is 1. The van der Waals surface area contributed by atoms with Crippen LogP contribution in [0.3, 0.4) is 0 Å². The molecular weight excluding hydrogens is 288 g/mol. The lowest BCUT2D eigenvalue weighted by molar-refractivity contribution is 0.408. The number of methoxy groups -OCH3 is 1. The topological polar surface area (TPSA) is 81.4 Å². The van der Waals surface area contributed by atoms with Crippen LogP contribution in [-0.2, 0) is 10.0 Å². The van der Waals surface area contributed by atoms with Gasteiger partial charge in [0.15, 0.2) is 0 Å². The minimum absolute atomic E-state index is 0.224. The third kappa shape index (κ3) is 4.69. The molecule has 0 aliphatic rings. The second-order valence-electron chi connectivity index (χ2n) is 5.29. The van der Waals surface area contributed by atoms with Gasteiger partial charge in [-0.25, -0.2) is 13.1 Å². The summed E-state index contributed by atoms with van der Waals surface area (Å²) in [5, 5.41) is 0. The maximum atomic E-state index is 12.5. The van der Waals surface area contributed by atoms with Crippen molar-refractivity contribution in [2.45, 2.75) is 51.0 Å². The molecule has 1 aromatic carbocycles. The van der Waals surface area contributed by atoms with Crippen molar-refractivity contribution in [3.8, 4) is 5.75 Å². The van der Waals surface area contributed by atoms with E-state index in [2.05, 4.69) is 11.6 Å². The van der Waals surface area contributed by atoms with Crippen LogP contribution < -0.4 is 15.2 Å². The van der Waals surface area contributed by atoms with Gasteiger partial charge in [0.2, 0.25) is 10.0 Å². The SMILES string of the molecule is CCCCC(CN)NS(=O)(=O)c1cc(C)c(OC)c(C)c1. The fourth-order valence-electron chi connectivity index (χ4n) is 2.35. The molecule has 1 atom stereocenters. The van der Waals surface area contributed by atoms with Crippen LogP contribution in [0.1, 0.15) is 37.3 Å². The summed E-state index contributed by atoms with van der Waals surface area (Å²) in [6.45, 7) is 6.04. The van der Waals surface area contributed by atoms with E-state index in [-0.39, 0.29) is 10.9 Å². The molecule has 5 nitrogen and oxygen atoms in total. The van der Waals surface area contributed by atoms with E-state index >= 15 is 0 Å². The zero-order chi connectivity index (χ0) is 16.0. The third-order valence-electron chi connectivity index (χ3n) is 3.46. The third-order valence-corrected chi connectivity index (χ3v) is 4.96. The predicted molar refractivity (Wildman–Crippen MR) is 85.2 cm³/mol. The van der Waals surface area contributed by atoms with Gasteiger partial charge in [-0.1, -0.05) is 19.8 Å². The molecule has 0 aliphatic heterocycles. The van der Waals surface area contributed by atoms with Crippen molar-refractivity contribution in [1.29, 1.82) is 0 Å². The molecule has 1 rings (SSSR count). The molecule has 0 heterocycles. The van der Waals surface area contributed by atoms with E-state index < -0.39 is 10.0 Å². The van der Waals surface area contributed by atoms with Crippen LogP contribution in [0.15, 0.2) is 17.0 Å². The van der Waals surface area contributed by atoms with Crippen molar-refractivity contribution < 1.29 is 13.2 Å². The summed E-state index contributed by atoms with van der Waals surface area (Å²) in [4.78, 5) is 0.258. The number of benzene rings is 1. The summed E-state index contributed by atoms with van der Waals surface area (Å²) >= 11 is 0. The minimum Gasteiger partial charge on any atom is -0.496 e. The van der Waals surface area contributed by atoms with Gasteiger partial charge in [-0.3, -0.25) is 0 Å². The Labute approximate surface area is 127 Å². The molecule has 0 aliphatic carbocycles. The molecular formula is C15H26N2O3S. The number of hydrogen-bond acceptors (Lipinski definition) is 4. The first-order valence-electron chi connectivity index (χ1n) is 7.23. The number of unbranched alkanes of at least 4 members (excludes halogenated alkanes) is 1. The summed E-state index contributed by atoms with van der Waals surface area (Å²) in [6.07, 6.45) is 2.71. The second kappa shape index (κ2) is 7.77. The monoisotopic (exact) mass is 314 g/mol. The molecule has 120 valence electrons. The van der Waals surface area contributed by atoms with E-state index in [1.807, 2.05) is 13.8 Å². The summed E-state index contributed by atoms with van der Waals surface area (Å²) in [7, 11) is -1.98. The summed E-state index contributed by atoms with van der Waals surface area (Å²) in [5.41, 5.74) is 7.26. The van der Waals surface area contributed by atoms with E-state index in [4.69, 9.17) is 10.5 Å². The van der Waals surface area contributed by atoms with Gasteiger partial charge in [-0.2, -0.15) is 0 Å². The van der Waals surface area contributed by atoms with E-state index in [1.54, 1.807) is 19.2 Å². The van der Waals surface area contributed by atoms with Crippen molar-refractivity contribution in [3.63, 3.8) is 0 Å². The van der Waals surface area contributed by atoms with E-state index in [0.717, 1.165) is 36.1 Å². The Bertz CT molecular complexity index is 547. The highest BCUT2D eigenvalue weighted by molar-refractivity contribution is 7.89. The lowest BCUT2D eigenvalue weighted by Crippen LogP contribution is -2.40. The molecule has 0 bridgehead atoms. The van der Waals surface area contributed by atoms with Crippen molar-refractivity contribution in [2.24, 2.45) is 5.73 Å². The number of hydrogen-bond donors (Lipinski definition) is 2. The van der Waals surface area contributed by atoms with Crippen LogP contribution in [0.5, 0.6) is 5.75 Å². The van der Waals surface area contributed by atoms with Crippen LogP contribution in [-0.4, -0.2) is 28.1 Å². The van der Waals surface area contributed by atoms with Crippen molar-refractivity contribution >= 4 is 10.0 Å². The van der Waals surface area contributed by atoms with Gasteiger partial charge >= 0.3 is 0 Å². The molecule has 0 fully saturated rings. The molecule has 3 N–H and O–H groups in total. The molecule has 0 saturated heterocycles. The minimum atomic E-state index is -3.56. The zero-order valence-corrected chi connectivity index (χ0v) is 14.1. The standard InChI is InChI=1S/C15H26N2O3S/c1-5-6-7-13(10-16)17-21(18,19)14-8-11(2)15(20-4)12(3)9-14/h8-9,13,17H,5-7,10,16H2,1-4H3. The van der Waals surface area contributed by atoms with E-state index in [0.29, 0.717) is 6.54 Å². The van der Waals surface area contributed by atoms with Gasteiger partial charge in [0.05, 0.1) is 12.0 Å². The molecule has 1 aromatic rings. The molecule has 1 unspecified atom stereocenters. The van der Waals surface area contributed by atoms with Gasteiger partial charge in [0.25, 0.3) is 0 Å². The van der Waals surface area contributed by atoms with Crippen molar-refractivity contribution in [1.82, 2.24) is 4.72 Å². The highest BCUT2D eigenvalue weighted by Crippen LogP contribution is 2.26. The highest BCUT2D eigenvalue weighted by Gasteiger charge is 2.20. The zero-order valence-electron chi connectivity index (χ0n) is 13.3. The normalized spacial score (nSPS) is 13.2. The number of nitrogens with one attached hydrogen (secondary N) is 1. The molecule has 0 spiro atoms. The molecule has 0 saturated carbocycles. The number of sulfonamides is 1. The number of nitrogens with two attached hydrogens (primary N) is 1. The Hall–Kier alpha value is -1.11. The maximum absolute atomic E-state index is 12.5. The van der Waals surface area contributed by atoms with Crippen molar-refractivity contribution in [3.05, 3.63) is 23.3 Å². The maximum Gasteiger partial charge on any atom is 0.240 e. The Morgan fingerprint density at radius 3 is 2.29 bits per heavy atom. The van der Waals surface area contributed by atoms with Gasteiger partial charge < -0.3 is 10.5 Å². The number of aryl methyl sites for hydroxylation is 2. The van der Waals surface area contributed by atoms with Gasteiger partial charge in [-0.15, -0.1) is 0 Å². The average Bonchev–Trinajstić information content (AvgIpc) is 2.43. The van der Waals surface area contributed by atoms with Gasteiger partial charge in [0, 0.05) is 12.6 Å². The Morgan fingerprint density at radius 2 is 1.86 bits per heavy atom. The van der Waals surface area contributed by atoms with Crippen LogP contribution in [0.25, 0.3) is 0 Å². The molecule has 6 heteroatoms. The highest BCUT2D eigenvalue weighted by atomic mass is 32.2. The Balaban J connectivity index is 3.02. The predicted octanol–water partition coefficient (Wildman–Crippen LogP) is 2.11. The first-order chi connectivity index (χ1) is 9.85. The fourth-order valence-corrected chi connectivity index (χ4v) is 3.80. The largest absolute Gasteiger partial charge is 0.496 e. The van der Waals surface area contributed by atoms with Crippen LogP contribution >= 0.6 is 0 Å². The first kappa shape index (κ1) is 17.9. The summed E-state index contributed by atoms with van der Waals surface area (Å²) in [5.74, 6) is 0.718. The lowest BCUT2D eigenvalue weighted by Gasteiger charge is -2.18. The van der Waals surface area contributed by atoms with Crippen LogP contribution in [0.4, 0.5) is 0 Å². The fraction of sp³-hybridized carbons (Fsp3) is 0.600. The van der Waals surface area contributed by atoms with Crippen molar-refractivity contribution in [2.75, 3.05) is 13.7 Å². The van der Waals surface area contributed by atoms with Crippen LogP contribution in [0.2, 0.25) is 0 Å². The smallest absolute Gasteiger partial charge is 0.240 e. The molecule has 0 amide bonds.